The second-order valence-electron chi connectivity index (χ2n) is 7.69. The molecule has 1 aliphatic carbocycles. The molecule has 144 valence electrons. The lowest BCUT2D eigenvalue weighted by Crippen LogP contribution is -2.45. The molecule has 2 N–H and O–H groups in total. The zero-order valence-electron chi connectivity index (χ0n) is 16.7. The second-order valence-corrected chi connectivity index (χ2v) is 7.69. The van der Waals surface area contributed by atoms with Crippen LogP contribution in [0.4, 0.5) is 0 Å². The Morgan fingerprint density at radius 2 is 1.65 bits per heavy atom. The quantitative estimate of drug-likeness (QED) is 0.580. The van der Waals surface area contributed by atoms with Gasteiger partial charge in [0.05, 0.1) is 6.54 Å². The first-order valence-electron chi connectivity index (χ1n) is 10.2. The van der Waals surface area contributed by atoms with Crippen molar-refractivity contribution < 1.29 is 0 Å². The first-order chi connectivity index (χ1) is 12.7. The number of benzene rings is 1. The summed E-state index contributed by atoms with van der Waals surface area (Å²) in [6.07, 6.45) is 1.26. The van der Waals surface area contributed by atoms with Gasteiger partial charge in [-0.1, -0.05) is 38.1 Å². The highest BCUT2D eigenvalue weighted by Crippen LogP contribution is 2.28. The summed E-state index contributed by atoms with van der Waals surface area (Å²) in [5.74, 6) is 1.72. The van der Waals surface area contributed by atoms with E-state index in [0.717, 1.165) is 31.5 Å². The van der Waals surface area contributed by atoms with E-state index < -0.39 is 0 Å². The Bertz CT molecular complexity index is 575. The number of hydrogen-bond donors (Lipinski definition) is 2. The number of likely N-dealkylation sites (N-methyl/N-ethyl adjacent to an activating group) is 1. The summed E-state index contributed by atoms with van der Waals surface area (Å²) in [6.45, 7) is 15.3. The van der Waals surface area contributed by atoms with E-state index in [9.17, 15) is 0 Å². The van der Waals surface area contributed by atoms with Gasteiger partial charge in [0, 0.05) is 45.3 Å². The van der Waals surface area contributed by atoms with Gasteiger partial charge >= 0.3 is 0 Å². The van der Waals surface area contributed by atoms with Crippen LogP contribution in [0.5, 0.6) is 0 Å². The van der Waals surface area contributed by atoms with E-state index in [1.54, 1.807) is 0 Å². The standard InChI is InChI=1S/C21H35N5/c1-4-22-21(24-20-14-17(20)3)23-15-18-6-8-19(9-7-18)16-26-12-10-25(5-2)11-13-26/h6-9,17,20H,4-5,10-16H2,1-3H3,(H2,22,23,24). The zero-order valence-corrected chi connectivity index (χ0v) is 16.7. The molecule has 5 heteroatoms. The molecule has 1 aromatic rings. The van der Waals surface area contributed by atoms with Crippen LogP contribution in [0.1, 0.15) is 38.3 Å². The Balaban J connectivity index is 1.48. The Hall–Kier alpha value is -1.59. The lowest BCUT2D eigenvalue weighted by atomic mass is 10.1. The third kappa shape index (κ3) is 5.71. The first-order valence-corrected chi connectivity index (χ1v) is 10.2. The van der Waals surface area contributed by atoms with Crippen molar-refractivity contribution in [3.05, 3.63) is 35.4 Å². The van der Waals surface area contributed by atoms with E-state index in [0.29, 0.717) is 6.04 Å². The molecule has 1 aromatic carbocycles. The molecule has 0 spiro atoms. The Morgan fingerprint density at radius 1 is 1.04 bits per heavy atom. The average Bonchev–Trinajstić information content (AvgIpc) is 3.36. The minimum Gasteiger partial charge on any atom is -0.357 e. The molecule has 1 saturated heterocycles. The number of aliphatic imine (C=N–C) groups is 1. The highest BCUT2D eigenvalue weighted by molar-refractivity contribution is 5.80. The average molecular weight is 358 g/mol. The highest BCUT2D eigenvalue weighted by Gasteiger charge is 2.33. The van der Waals surface area contributed by atoms with Crippen molar-refractivity contribution in [1.82, 2.24) is 20.4 Å². The smallest absolute Gasteiger partial charge is 0.191 e. The molecule has 0 aromatic heterocycles. The van der Waals surface area contributed by atoms with E-state index in [2.05, 4.69) is 65.5 Å². The Labute approximate surface area is 158 Å². The van der Waals surface area contributed by atoms with Gasteiger partial charge in [0.15, 0.2) is 5.96 Å². The summed E-state index contributed by atoms with van der Waals surface area (Å²) in [7, 11) is 0. The van der Waals surface area contributed by atoms with Crippen molar-refractivity contribution in [2.75, 3.05) is 39.3 Å². The number of hydrogen-bond acceptors (Lipinski definition) is 3. The molecule has 2 aliphatic rings. The van der Waals surface area contributed by atoms with Crippen molar-refractivity contribution in [3.8, 4) is 0 Å². The third-order valence-corrected chi connectivity index (χ3v) is 5.54. The van der Waals surface area contributed by atoms with Gasteiger partial charge in [0.2, 0.25) is 0 Å². The van der Waals surface area contributed by atoms with Gasteiger partial charge in [-0.05, 0) is 36.9 Å². The van der Waals surface area contributed by atoms with Crippen LogP contribution < -0.4 is 10.6 Å². The first kappa shape index (κ1) is 19.2. The summed E-state index contributed by atoms with van der Waals surface area (Å²) in [5, 5.41) is 6.86. The van der Waals surface area contributed by atoms with Crippen LogP contribution in [0, 0.1) is 5.92 Å². The van der Waals surface area contributed by atoms with Crippen LogP contribution in [-0.4, -0.2) is 61.1 Å². The van der Waals surface area contributed by atoms with E-state index in [1.807, 2.05) is 0 Å². The van der Waals surface area contributed by atoms with E-state index >= 15 is 0 Å². The van der Waals surface area contributed by atoms with Gasteiger partial charge in [0.1, 0.15) is 0 Å². The maximum Gasteiger partial charge on any atom is 0.191 e. The monoisotopic (exact) mass is 357 g/mol. The Kier molecular flexibility index (Phi) is 6.92. The third-order valence-electron chi connectivity index (χ3n) is 5.54. The van der Waals surface area contributed by atoms with Crippen molar-refractivity contribution in [2.45, 2.75) is 46.3 Å². The molecule has 0 radical (unpaired) electrons. The number of rotatable bonds is 7. The molecule has 1 heterocycles. The topological polar surface area (TPSA) is 42.9 Å². The highest BCUT2D eigenvalue weighted by atomic mass is 15.3. The predicted molar refractivity (Wildman–Crippen MR) is 109 cm³/mol. The van der Waals surface area contributed by atoms with Gasteiger partial charge in [-0.25, -0.2) is 4.99 Å². The lowest BCUT2D eigenvalue weighted by Gasteiger charge is -2.34. The molecule has 2 unspecified atom stereocenters. The summed E-state index contributed by atoms with van der Waals surface area (Å²) >= 11 is 0. The molecular weight excluding hydrogens is 322 g/mol. The summed E-state index contributed by atoms with van der Waals surface area (Å²) in [5.41, 5.74) is 2.67. The van der Waals surface area contributed by atoms with Crippen LogP contribution in [0.2, 0.25) is 0 Å². The van der Waals surface area contributed by atoms with Gasteiger partial charge in [-0.3, -0.25) is 4.90 Å². The van der Waals surface area contributed by atoms with Crippen LogP contribution >= 0.6 is 0 Å². The fourth-order valence-electron chi connectivity index (χ4n) is 3.46. The van der Waals surface area contributed by atoms with Crippen LogP contribution in [0.25, 0.3) is 0 Å². The van der Waals surface area contributed by atoms with E-state index in [-0.39, 0.29) is 0 Å². The van der Waals surface area contributed by atoms with Crippen molar-refractivity contribution in [1.29, 1.82) is 0 Å². The second kappa shape index (κ2) is 9.38. The molecule has 3 rings (SSSR count). The summed E-state index contributed by atoms with van der Waals surface area (Å²) in [4.78, 5) is 9.82. The normalized spacial score (nSPS) is 24.5. The fourth-order valence-corrected chi connectivity index (χ4v) is 3.46. The molecule has 1 saturated carbocycles. The van der Waals surface area contributed by atoms with Crippen LogP contribution in [0.3, 0.4) is 0 Å². The number of guanidine groups is 1. The lowest BCUT2D eigenvalue weighted by molar-refractivity contribution is 0.132. The molecule has 0 bridgehead atoms. The largest absolute Gasteiger partial charge is 0.357 e. The van der Waals surface area contributed by atoms with E-state index in [1.165, 1.54) is 50.3 Å². The van der Waals surface area contributed by atoms with E-state index in [4.69, 9.17) is 4.99 Å². The zero-order chi connectivity index (χ0) is 18.4. The maximum atomic E-state index is 4.74. The SMILES string of the molecule is CCNC(=NCc1ccc(CN2CCN(CC)CC2)cc1)NC1CC1C. The molecular formula is C21H35N5. The summed E-state index contributed by atoms with van der Waals surface area (Å²) in [6, 6.07) is 9.58. The van der Waals surface area contributed by atoms with Gasteiger partial charge in [0.25, 0.3) is 0 Å². The molecule has 2 fully saturated rings. The fraction of sp³-hybridized carbons (Fsp3) is 0.667. The molecule has 2 atom stereocenters. The Morgan fingerprint density at radius 3 is 2.23 bits per heavy atom. The van der Waals surface area contributed by atoms with Crippen LogP contribution in [0.15, 0.2) is 29.3 Å². The number of nitrogens with zero attached hydrogens (tertiary/aromatic N) is 3. The number of piperazine rings is 1. The molecule has 0 amide bonds. The number of nitrogens with one attached hydrogen (secondary N) is 2. The van der Waals surface area contributed by atoms with Crippen molar-refractivity contribution in [3.63, 3.8) is 0 Å². The maximum absolute atomic E-state index is 4.74. The van der Waals surface area contributed by atoms with Crippen LogP contribution in [-0.2, 0) is 13.1 Å². The van der Waals surface area contributed by atoms with Gasteiger partial charge in [-0.15, -0.1) is 0 Å². The van der Waals surface area contributed by atoms with Crippen molar-refractivity contribution >= 4 is 5.96 Å². The van der Waals surface area contributed by atoms with Crippen molar-refractivity contribution in [2.24, 2.45) is 10.9 Å². The molecule has 5 nitrogen and oxygen atoms in total. The molecule has 1 aliphatic heterocycles. The minimum atomic E-state index is 0.600. The van der Waals surface area contributed by atoms with Gasteiger partial charge in [-0.2, -0.15) is 0 Å². The summed E-state index contributed by atoms with van der Waals surface area (Å²) < 4.78 is 0. The van der Waals surface area contributed by atoms with Gasteiger partial charge < -0.3 is 15.5 Å². The molecule has 26 heavy (non-hydrogen) atoms. The minimum absolute atomic E-state index is 0.600. The predicted octanol–water partition coefficient (Wildman–Crippen LogP) is 2.29.